The number of hydrogen-bond donors (Lipinski definition) is 11. The first-order valence-corrected chi connectivity index (χ1v) is 18.0. The van der Waals surface area contributed by atoms with E-state index in [0.717, 1.165) is 0 Å². The zero-order chi connectivity index (χ0) is 38.8. The fourth-order valence-corrected chi connectivity index (χ4v) is 5.78. The van der Waals surface area contributed by atoms with Gasteiger partial charge in [0.05, 0.1) is 19.0 Å². The number of carbonyl (C=O) groups excluding carboxylic acids is 7. The van der Waals surface area contributed by atoms with Crippen molar-refractivity contribution in [2.75, 3.05) is 31.1 Å². The molecule has 1 fully saturated rings. The van der Waals surface area contributed by atoms with Gasteiger partial charge in [0.15, 0.2) is 0 Å². The Hall–Kier alpha value is -4.40. The monoisotopic (exact) mass is 767 g/mol. The number of likely N-dealkylation sites (tertiary alicyclic amines) is 1. The van der Waals surface area contributed by atoms with E-state index in [2.05, 4.69) is 51.8 Å². The van der Waals surface area contributed by atoms with Crippen molar-refractivity contribution in [3.05, 3.63) is 35.9 Å². The van der Waals surface area contributed by atoms with Gasteiger partial charge in [-0.15, -0.1) is 0 Å². The van der Waals surface area contributed by atoms with E-state index in [-0.39, 0.29) is 37.3 Å². The second kappa shape index (κ2) is 22.5. The Kier molecular flexibility index (Phi) is 19.0. The van der Waals surface area contributed by atoms with E-state index in [1.165, 1.54) is 4.90 Å². The van der Waals surface area contributed by atoms with Gasteiger partial charge < -0.3 is 53.8 Å². The van der Waals surface area contributed by atoms with Crippen LogP contribution in [0.1, 0.15) is 44.1 Å². The molecule has 1 aromatic carbocycles. The molecule has 7 amide bonds. The Labute approximate surface area is 312 Å². The summed E-state index contributed by atoms with van der Waals surface area (Å²) >= 11 is 8.02. The van der Waals surface area contributed by atoms with Gasteiger partial charge in [0.25, 0.3) is 0 Å². The average Bonchev–Trinajstić information content (AvgIpc) is 3.61. The summed E-state index contributed by atoms with van der Waals surface area (Å²) in [7, 11) is 0. The van der Waals surface area contributed by atoms with Crippen LogP contribution in [0.4, 0.5) is 0 Å². The van der Waals surface area contributed by atoms with Crippen molar-refractivity contribution in [1.82, 2.24) is 31.5 Å². The van der Waals surface area contributed by atoms with Gasteiger partial charge in [0, 0.05) is 24.5 Å². The summed E-state index contributed by atoms with van der Waals surface area (Å²) in [5, 5.41) is 21.7. The molecule has 52 heavy (non-hydrogen) atoms. The normalized spacial score (nSPS) is 16.7. The molecule has 6 atom stereocenters. The number of benzene rings is 1. The molecule has 0 aromatic heterocycles. The minimum Gasteiger partial charge on any atom is -0.481 e. The van der Waals surface area contributed by atoms with Gasteiger partial charge in [-0.2, -0.15) is 25.3 Å². The van der Waals surface area contributed by atoms with Crippen molar-refractivity contribution in [3.63, 3.8) is 0 Å². The van der Waals surface area contributed by atoms with Crippen LogP contribution in [0.15, 0.2) is 30.3 Å². The Morgan fingerprint density at radius 3 is 2.12 bits per heavy atom. The van der Waals surface area contributed by atoms with Crippen molar-refractivity contribution < 1.29 is 43.5 Å². The number of nitrogens with one attached hydrogen (secondary N) is 5. The summed E-state index contributed by atoms with van der Waals surface area (Å²) in [5.41, 5.74) is 17.2. The maximum Gasteiger partial charge on any atom is 0.305 e. The van der Waals surface area contributed by atoms with Crippen molar-refractivity contribution >= 4 is 72.6 Å². The third-order valence-corrected chi connectivity index (χ3v) is 8.90. The van der Waals surface area contributed by atoms with Gasteiger partial charge in [-0.3, -0.25) is 38.4 Å². The number of carboxylic acid groups (broad SMARTS) is 1. The minimum absolute atomic E-state index is 0.0257. The SMILES string of the molecule is NCCCC[C@H](NC(=O)[C@@H](N)CS)C(=O)NCC(=O)N[C@@H](CC(=O)O)C(=O)N[C@@H](Cc1ccccc1)C(=O)N1CCC[C@H]1C(=O)N[C@@H](CS)C(N)=O. The van der Waals surface area contributed by atoms with E-state index in [4.69, 9.17) is 17.2 Å². The zero-order valence-corrected chi connectivity index (χ0v) is 30.4. The predicted molar refractivity (Wildman–Crippen MR) is 196 cm³/mol. The molecule has 20 heteroatoms. The van der Waals surface area contributed by atoms with Crippen LogP contribution in [0, 0.1) is 0 Å². The zero-order valence-electron chi connectivity index (χ0n) is 28.6. The molecule has 0 radical (unpaired) electrons. The molecule has 1 saturated heterocycles. The van der Waals surface area contributed by atoms with E-state index < -0.39 is 96.5 Å². The molecule has 1 heterocycles. The standard InChI is InChI=1S/C32H49N9O9S2/c33-11-5-4-9-20(38-28(46)19(34)16-51)29(47)36-15-25(42)37-21(14-26(43)44)30(48)39-22(13-18-7-2-1-3-8-18)32(50)41-12-6-10-24(41)31(49)40-23(17-52)27(35)45/h1-3,7-8,19-24,51-52H,4-6,9-17,33-34H2,(H2,35,45)(H,36,47)(H,37,42)(H,38,46)(H,39,48)(H,40,49)(H,43,44)/t19-,20-,21-,22-,23-,24-/m0/s1. The van der Waals surface area contributed by atoms with Crippen LogP contribution in [0.2, 0.25) is 0 Å². The van der Waals surface area contributed by atoms with Gasteiger partial charge in [-0.25, -0.2) is 0 Å². The fraction of sp³-hybridized carbons (Fsp3) is 0.562. The lowest BCUT2D eigenvalue weighted by Gasteiger charge is -2.30. The van der Waals surface area contributed by atoms with Gasteiger partial charge in [-0.1, -0.05) is 30.3 Å². The van der Waals surface area contributed by atoms with Crippen LogP contribution in [0.25, 0.3) is 0 Å². The molecule has 2 rings (SSSR count). The van der Waals surface area contributed by atoms with E-state index in [0.29, 0.717) is 31.4 Å². The number of carbonyl (C=O) groups is 8. The first-order chi connectivity index (χ1) is 24.7. The number of rotatable bonds is 22. The number of aliphatic carboxylic acids is 1. The van der Waals surface area contributed by atoms with Gasteiger partial charge in [0.2, 0.25) is 41.4 Å². The molecule has 0 unspecified atom stereocenters. The number of nitrogens with two attached hydrogens (primary N) is 3. The highest BCUT2D eigenvalue weighted by molar-refractivity contribution is 7.80. The molecule has 0 spiro atoms. The number of thiol groups is 2. The number of carboxylic acids is 1. The third kappa shape index (κ3) is 14.3. The smallest absolute Gasteiger partial charge is 0.305 e. The number of amides is 7. The molecule has 1 aliphatic rings. The molecule has 1 aliphatic heterocycles. The summed E-state index contributed by atoms with van der Waals surface area (Å²) in [4.78, 5) is 103. The maximum atomic E-state index is 14.0. The molecule has 288 valence electrons. The number of nitrogens with zero attached hydrogens (tertiary/aromatic N) is 1. The van der Waals surface area contributed by atoms with Crippen LogP contribution in [-0.4, -0.2) is 125 Å². The first kappa shape index (κ1) is 43.8. The minimum atomic E-state index is -1.68. The second-order valence-corrected chi connectivity index (χ2v) is 12.9. The van der Waals surface area contributed by atoms with E-state index in [1.807, 2.05) is 0 Å². The first-order valence-electron chi connectivity index (χ1n) is 16.7. The largest absolute Gasteiger partial charge is 0.481 e. The van der Waals surface area contributed by atoms with Crippen LogP contribution in [-0.2, 0) is 44.8 Å². The summed E-state index contributed by atoms with van der Waals surface area (Å²) in [6.07, 6.45) is 1.03. The lowest BCUT2D eigenvalue weighted by Crippen LogP contribution is -2.59. The van der Waals surface area contributed by atoms with Crippen molar-refractivity contribution in [2.45, 2.75) is 81.2 Å². The molecule has 12 N–H and O–H groups in total. The highest BCUT2D eigenvalue weighted by Crippen LogP contribution is 2.20. The highest BCUT2D eigenvalue weighted by Gasteiger charge is 2.39. The predicted octanol–water partition coefficient (Wildman–Crippen LogP) is -3.45. The molecular formula is C32H49N9O9S2. The van der Waals surface area contributed by atoms with Crippen LogP contribution < -0.4 is 43.8 Å². The fourth-order valence-electron chi connectivity index (χ4n) is 5.34. The second-order valence-electron chi connectivity index (χ2n) is 12.2. The Morgan fingerprint density at radius 1 is 0.846 bits per heavy atom. The average molecular weight is 768 g/mol. The van der Waals surface area contributed by atoms with E-state index in [9.17, 15) is 43.5 Å². The van der Waals surface area contributed by atoms with E-state index >= 15 is 0 Å². The quantitative estimate of drug-likeness (QED) is 0.0407. The molecule has 0 saturated carbocycles. The Balaban J connectivity index is 2.21. The molecular weight excluding hydrogens is 719 g/mol. The Bertz CT molecular complexity index is 1420. The van der Waals surface area contributed by atoms with Crippen LogP contribution in [0.3, 0.4) is 0 Å². The lowest BCUT2D eigenvalue weighted by molar-refractivity contribution is -0.143. The summed E-state index contributed by atoms with van der Waals surface area (Å²) in [5.74, 6) is -6.84. The lowest BCUT2D eigenvalue weighted by atomic mass is 10.0. The summed E-state index contributed by atoms with van der Waals surface area (Å²) in [6.45, 7) is -0.170. The molecule has 0 bridgehead atoms. The Morgan fingerprint density at radius 2 is 1.52 bits per heavy atom. The molecule has 1 aromatic rings. The molecule has 0 aliphatic carbocycles. The van der Waals surface area contributed by atoms with E-state index in [1.54, 1.807) is 30.3 Å². The van der Waals surface area contributed by atoms with Crippen LogP contribution >= 0.6 is 25.3 Å². The highest BCUT2D eigenvalue weighted by atomic mass is 32.1. The van der Waals surface area contributed by atoms with Gasteiger partial charge >= 0.3 is 5.97 Å². The summed E-state index contributed by atoms with van der Waals surface area (Å²) < 4.78 is 0. The third-order valence-electron chi connectivity index (χ3n) is 8.15. The van der Waals surface area contributed by atoms with Crippen molar-refractivity contribution in [1.29, 1.82) is 0 Å². The maximum absolute atomic E-state index is 14.0. The number of hydrogen-bond acceptors (Lipinski definition) is 12. The van der Waals surface area contributed by atoms with Gasteiger partial charge in [-0.05, 0) is 44.2 Å². The van der Waals surface area contributed by atoms with Gasteiger partial charge in [0.1, 0.15) is 30.2 Å². The van der Waals surface area contributed by atoms with Crippen molar-refractivity contribution in [2.24, 2.45) is 17.2 Å². The van der Waals surface area contributed by atoms with Crippen LogP contribution in [0.5, 0.6) is 0 Å². The topological polar surface area (TPSA) is 298 Å². The molecule has 18 nitrogen and oxygen atoms in total. The number of unbranched alkanes of at least 4 members (excludes halogenated alkanes) is 1. The van der Waals surface area contributed by atoms with Crippen molar-refractivity contribution in [3.8, 4) is 0 Å². The number of primary amides is 1. The summed E-state index contributed by atoms with van der Waals surface area (Å²) in [6, 6.07) is 1.54.